The summed E-state index contributed by atoms with van der Waals surface area (Å²) in [6, 6.07) is 6.09. The van der Waals surface area contributed by atoms with Crippen molar-refractivity contribution in [1.82, 2.24) is 0 Å². The Morgan fingerprint density at radius 2 is 1.50 bits per heavy atom. The molecule has 1 rings (SSSR count). The van der Waals surface area contributed by atoms with Crippen molar-refractivity contribution in [3.05, 3.63) is 29.3 Å². The van der Waals surface area contributed by atoms with E-state index >= 15 is 0 Å². The molecule has 0 aliphatic carbocycles. The van der Waals surface area contributed by atoms with Crippen LogP contribution in [0.4, 0.5) is 0 Å². The number of hydrogen-bond acceptors (Lipinski definition) is 3. The lowest BCUT2D eigenvalue weighted by molar-refractivity contribution is 0.310. The highest BCUT2D eigenvalue weighted by molar-refractivity contribution is 7.86. The number of unbranched alkanes of at least 4 members (excludes halogenated alkanes) is 6. The molecule has 0 amide bonds. The second kappa shape index (κ2) is 12.3. The maximum Gasteiger partial charge on any atom is 0.270 e. The van der Waals surface area contributed by atoms with Crippen LogP contribution in [0.25, 0.3) is 0 Å². The van der Waals surface area contributed by atoms with Crippen molar-refractivity contribution in [3.8, 4) is 5.75 Å². The fourth-order valence-corrected chi connectivity index (χ4v) is 3.19. The lowest BCUT2D eigenvalue weighted by Crippen LogP contribution is -2.24. The van der Waals surface area contributed by atoms with E-state index in [0.717, 1.165) is 12.8 Å². The van der Waals surface area contributed by atoms with Crippen LogP contribution in [0, 0.1) is 0 Å². The Bertz CT molecular complexity index is 610. The summed E-state index contributed by atoms with van der Waals surface area (Å²) in [7, 11) is -4.05. The SMILES string of the molecule is CCCCCCc1ccc(OCC(C)S(=O)(=O)O)cc1CCCCCC. The van der Waals surface area contributed by atoms with Gasteiger partial charge in [-0.05, 0) is 55.9 Å². The third-order valence-corrected chi connectivity index (χ3v) is 5.92. The maximum atomic E-state index is 11.1. The topological polar surface area (TPSA) is 63.6 Å². The fraction of sp³-hybridized carbons (Fsp3) is 0.714. The van der Waals surface area contributed by atoms with Crippen molar-refractivity contribution in [1.29, 1.82) is 0 Å². The Hall–Kier alpha value is -1.07. The standard InChI is InChI=1S/C21H36O4S/c1-4-6-8-10-12-19-14-15-21(25-17-18(3)26(22,23)24)16-20(19)13-11-9-7-5-2/h14-16,18H,4-13,17H2,1-3H3,(H,22,23,24). The Balaban J connectivity index is 2.73. The summed E-state index contributed by atoms with van der Waals surface area (Å²) < 4.78 is 36.9. The van der Waals surface area contributed by atoms with Crippen molar-refractivity contribution in [2.75, 3.05) is 6.61 Å². The molecule has 1 aromatic carbocycles. The molecule has 150 valence electrons. The molecule has 1 N–H and O–H groups in total. The van der Waals surface area contributed by atoms with E-state index in [2.05, 4.69) is 26.0 Å². The molecule has 0 fully saturated rings. The van der Waals surface area contributed by atoms with E-state index in [9.17, 15) is 8.42 Å². The van der Waals surface area contributed by atoms with Crippen LogP contribution >= 0.6 is 0 Å². The molecule has 0 aliphatic rings. The number of rotatable bonds is 14. The summed E-state index contributed by atoms with van der Waals surface area (Å²) in [5.41, 5.74) is 2.70. The van der Waals surface area contributed by atoms with Crippen LogP contribution < -0.4 is 4.74 Å². The predicted molar refractivity (Wildman–Crippen MR) is 109 cm³/mol. The van der Waals surface area contributed by atoms with E-state index in [0.29, 0.717) is 5.75 Å². The first-order valence-corrected chi connectivity index (χ1v) is 11.6. The van der Waals surface area contributed by atoms with E-state index in [-0.39, 0.29) is 6.61 Å². The molecule has 0 saturated carbocycles. The van der Waals surface area contributed by atoms with Gasteiger partial charge in [-0.25, -0.2) is 0 Å². The Morgan fingerprint density at radius 1 is 0.923 bits per heavy atom. The van der Waals surface area contributed by atoms with Gasteiger partial charge in [0.15, 0.2) is 0 Å². The van der Waals surface area contributed by atoms with Crippen molar-refractivity contribution in [3.63, 3.8) is 0 Å². The number of hydrogen-bond donors (Lipinski definition) is 1. The molecular weight excluding hydrogens is 348 g/mol. The van der Waals surface area contributed by atoms with Gasteiger partial charge in [0, 0.05) is 0 Å². The first-order valence-electron chi connectivity index (χ1n) is 10.1. The molecule has 1 aromatic rings. The first-order chi connectivity index (χ1) is 12.4. The third-order valence-electron chi connectivity index (χ3n) is 4.77. The third kappa shape index (κ3) is 9.04. The molecule has 26 heavy (non-hydrogen) atoms. The highest BCUT2D eigenvalue weighted by Crippen LogP contribution is 2.23. The van der Waals surface area contributed by atoms with Crippen LogP contribution in [0.1, 0.15) is 83.3 Å². The highest BCUT2D eigenvalue weighted by atomic mass is 32.2. The average molecular weight is 385 g/mol. The summed E-state index contributed by atoms with van der Waals surface area (Å²) in [4.78, 5) is 0. The van der Waals surface area contributed by atoms with Crippen molar-refractivity contribution < 1.29 is 17.7 Å². The highest BCUT2D eigenvalue weighted by Gasteiger charge is 2.18. The molecule has 0 saturated heterocycles. The van der Waals surface area contributed by atoms with E-state index in [4.69, 9.17) is 9.29 Å². The van der Waals surface area contributed by atoms with Gasteiger partial charge in [0.05, 0.1) is 0 Å². The van der Waals surface area contributed by atoms with Crippen LogP contribution in [-0.2, 0) is 23.0 Å². The van der Waals surface area contributed by atoms with Gasteiger partial charge in [0.2, 0.25) is 0 Å². The van der Waals surface area contributed by atoms with Gasteiger partial charge in [-0.2, -0.15) is 8.42 Å². The molecule has 0 radical (unpaired) electrons. The Labute approximate surface area is 160 Å². The minimum absolute atomic E-state index is 0.0377. The summed E-state index contributed by atoms with van der Waals surface area (Å²) in [6.45, 7) is 5.84. The van der Waals surface area contributed by atoms with Gasteiger partial charge in [-0.3, -0.25) is 4.55 Å². The molecule has 0 spiro atoms. The van der Waals surface area contributed by atoms with Crippen LogP contribution in [0.5, 0.6) is 5.75 Å². The predicted octanol–water partition coefficient (Wildman–Crippen LogP) is 5.59. The monoisotopic (exact) mass is 384 g/mol. The molecule has 0 heterocycles. The van der Waals surface area contributed by atoms with Gasteiger partial charge in [0.1, 0.15) is 17.6 Å². The van der Waals surface area contributed by atoms with Crippen molar-refractivity contribution in [2.45, 2.75) is 90.2 Å². The summed E-state index contributed by atoms with van der Waals surface area (Å²) in [5.74, 6) is 0.684. The minimum atomic E-state index is -4.05. The zero-order valence-corrected chi connectivity index (χ0v) is 17.5. The molecule has 1 atom stereocenters. The molecule has 0 aliphatic heterocycles. The van der Waals surface area contributed by atoms with Gasteiger partial charge < -0.3 is 4.74 Å². The molecule has 4 nitrogen and oxygen atoms in total. The van der Waals surface area contributed by atoms with E-state index < -0.39 is 15.4 Å². The van der Waals surface area contributed by atoms with Gasteiger partial charge in [-0.1, -0.05) is 58.4 Å². The van der Waals surface area contributed by atoms with Crippen LogP contribution in [-0.4, -0.2) is 24.8 Å². The summed E-state index contributed by atoms with van der Waals surface area (Å²) >= 11 is 0. The lowest BCUT2D eigenvalue weighted by atomic mass is 9.96. The van der Waals surface area contributed by atoms with E-state index in [1.807, 2.05) is 6.07 Å². The minimum Gasteiger partial charge on any atom is -0.492 e. The quantitative estimate of drug-likeness (QED) is 0.335. The number of aryl methyl sites for hydroxylation is 2. The zero-order valence-electron chi connectivity index (χ0n) is 16.7. The number of benzene rings is 1. The molecule has 0 bridgehead atoms. The molecule has 1 unspecified atom stereocenters. The first kappa shape index (κ1) is 23.0. The van der Waals surface area contributed by atoms with Gasteiger partial charge in [-0.15, -0.1) is 0 Å². The molecule has 5 heteroatoms. The molecular formula is C21H36O4S. The molecule has 0 aromatic heterocycles. The van der Waals surface area contributed by atoms with Crippen LogP contribution in [0.3, 0.4) is 0 Å². The largest absolute Gasteiger partial charge is 0.492 e. The van der Waals surface area contributed by atoms with E-state index in [1.54, 1.807) is 0 Å². The van der Waals surface area contributed by atoms with Crippen molar-refractivity contribution >= 4 is 10.1 Å². The average Bonchev–Trinajstić information content (AvgIpc) is 2.60. The van der Waals surface area contributed by atoms with E-state index in [1.165, 1.54) is 69.4 Å². The van der Waals surface area contributed by atoms with Gasteiger partial charge in [0.25, 0.3) is 10.1 Å². The Morgan fingerprint density at radius 3 is 2.04 bits per heavy atom. The zero-order chi connectivity index (χ0) is 19.4. The second-order valence-electron chi connectivity index (χ2n) is 7.19. The normalized spacial score (nSPS) is 12.9. The summed E-state index contributed by atoms with van der Waals surface area (Å²) in [5, 5.41) is -0.927. The number of ether oxygens (including phenoxy) is 1. The summed E-state index contributed by atoms with van der Waals surface area (Å²) in [6.07, 6.45) is 12.0. The lowest BCUT2D eigenvalue weighted by Gasteiger charge is -2.15. The Kier molecular flexibility index (Phi) is 10.9. The van der Waals surface area contributed by atoms with Crippen LogP contribution in [0.15, 0.2) is 18.2 Å². The maximum absolute atomic E-state index is 11.1. The fourth-order valence-electron chi connectivity index (χ4n) is 2.95. The van der Waals surface area contributed by atoms with Gasteiger partial charge >= 0.3 is 0 Å². The van der Waals surface area contributed by atoms with Crippen LogP contribution in [0.2, 0.25) is 0 Å². The smallest absolute Gasteiger partial charge is 0.270 e. The second-order valence-corrected chi connectivity index (χ2v) is 9.02. The van der Waals surface area contributed by atoms with Crippen molar-refractivity contribution in [2.24, 2.45) is 0 Å².